The van der Waals surface area contributed by atoms with E-state index in [0.717, 1.165) is 5.69 Å². The number of hydrogen-bond acceptors (Lipinski definition) is 1. The highest BCUT2D eigenvalue weighted by Gasteiger charge is 1.73. The largest absolute Gasteiger partial charge is 0.283 e. The third-order valence-corrected chi connectivity index (χ3v) is 0.640. The quantitative estimate of drug-likeness (QED) is 0.544. The molecule has 1 rings (SSSR count). The molecule has 0 atom stereocenters. The molecular weight excluding hydrogens is 100 g/mol. The molecule has 0 saturated heterocycles. The fourth-order valence-corrected chi connectivity index (χ4v) is 0.325. The normalized spacial score (nSPS) is 7.38. The summed E-state index contributed by atoms with van der Waals surface area (Å²) in [6, 6.07) is 1.92. The lowest BCUT2D eigenvalue weighted by molar-refractivity contribution is 1.05. The minimum Gasteiger partial charge on any atom is -0.283 e. The van der Waals surface area contributed by atoms with Crippen LogP contribution in [-0.4, -0.2) is 10.2 Å². The van der Waals surface area contributed by atoms with E-state index in [1.165, 1.54) is 0 Å². The molecule has 0 spiro atoms. The van der Waals surface area contributed by atoms with Gasteiger partial charge >= 0.3 is 0 Å². The van der Waals surface area contributed by atoms with Gasteiger partial charge < -0.3 is 0 Å². The van der Waals surface area contributed by atoms with Crippen LogP contribution in [0.1, 0.15) is 19.5 Å². The Morgan fingerprint density at radius 1 is 1.50 bits per heavy atom. The summed E-state index contributed by atoms with van der Waals surface area (Å²) in [6.07, 6.45) is 1.73. The zero-order valence-corrected chi connectivity index (χ0v) is 5.60. The molecule has 1 aromatic heterocycles. The minimum absolute atomic E-state index is 1.11. The van der Waals surface area contributed by atoms with Crippen LogP contribution in [0, 0.1) is 6.92 Å². The first-order valence-electron chi connectivity index (χ1n) is 2.85. The lowest BCUT2D eigenvalue weighted by atomic mass is 10.5. The Morgan fingerprint density at radius 2 is 2.12 bits per heavy atom. The molecule has 0 bridgehead atoms. The summed E-state index contributed by atoms with van der Waals surface area (Å²) in [7, 11) is 0. The van der Waals surface area contributed by atoms with Crippen LogP contribution in [0.3, 0.4) is 0 Å². The molecule has 0 unspecified atom stereocenters. The summed E-state index contributed by atoms with van der Waals surface area (Å²) in [6.45, 7) is 5.97. The summed E-state index contributed by atoms with van der Waals surface area (Å²) < 4.78 is 0. The third kappa shape index (κ3) is 2.39. The Morgan fingerprint density at radius 3 is 2.25 bits per heavy atom. The zero-order chi connectivity index (χ0) is 6.41. The van der Waals surface area contributed by atoms with Gasteiger partial charge in [-0.3, -0.25) is 5.10 Å². The highest BCUT2D eigenvalue weighted by Crippen LogP contribution is 1.82. The topological polar surface area (TPSA) is 28.7 Å². The van der Waals surface area contributed by atoms with Gasteiger partial charge in [0, 0.05) is 11.9 Å². The summed E-state index contributed by atoms with van der Waals surface area (Å²) in [4.78, 5) is 0. The number of aromatic amines is 1. The summed E-state index contributed by atoms with van der Waals surface area (Å²) >= 11 is 0. The molecule has 8 heavy (non-hydrogen) atoms. The van der Waals surface area contributed by atoms with Crippen molar-refractivity contribution in [1.29, 1.82) is 0 Å². The van der Waals surface area contributed by atoms with Crippen LogP contribution in [-0.2, 0) is 0 Å². The van der Waals surface area contributed by atoms with Gasteiger partial charge in [-0.25, -0.2) is 0 Å². The number of nitrogens with one attached hydrogen (secondary N) is 1. The minimum atomic E-state index is 1.11. The van der Waals surface area contributed by atoms with E-state index in [0.29, 0.717) is 0 Å². The maximum absolute atomic E-state index is 3.70. The van der Waals surface area contributed by atoms with Gasteiger partial charge in [-0.1, -0.05) is 13.8 Å². The molecule has 0 aliphatic carbocycles. The van der Waals surface area contributed by atoms with E-state index in [2.05, 4.69) is 10.2 Å². The third-order valence-electron chi connectivity index (χ3n) is 0.640. The molecule has 0 aliphatic heterocycles. The average Bonchev–Trinajstić information content (AvgIpc) is 2.24. The van der Waals surface area contributed by atoms with Gasteiger partial charge in [0.05, 0.1) is 0 Å². The Balaban J connectivity index is 0.000000222. The van der Waals surface area contributed by atoms with Crippen LogP contribution in [0.2, 0.25) is 0 Å². The summed E-state index contributed by atoms with van der Waals surface area (Å²) in [5, 5.41) is 6.45. The fourth-order valence-electron chi connectivity index (χ4n) is 0.325. The SMILES string of the molecule is CC.Cc1ccn[nH]1. The second kappa shape index (κ2) is 4.37. The van der Waals surface area contributed by atoms with E-state index in [9.17, 15) is 0 Å². The van der Waals surface area contributed by atoms with Gasteiger partial charge in [0.25, 0.3) is 0 Å². The van der Waals surface area contributed by atoms with Crippen LogP contribution in [0.25, 0.3) is 0 Å². The van der Waals surface area contributed by atoms with Crippen molar-refractivity contribution >= 4 is 0 Å². The van der Waals surface area contributed by atoms with Crippen LogP contribution in [0.5, 0.6) is 0 Å². The number of aromatic nitrogens is 2. The maximum Gasteiger partial charge on any atom is 0.0489 e. The Hall–Kier alpha value is -0.790. The number of aryl methyl sites for hydroxylation is 1. The molecule has 1 heterocycles. The second-order valence-corrected chi connectivity index (χ2v) is 1.24. The van der Waals surface area contributed by atoms with Crippen molar-refractivity contribution < 1.29 is 0 Å². The van der Waals surface area contributed by atoms with Gasteiger partial charge in [-0.2, -0.15) is 5.10 Å². The summed E-state index contributed by atoms with van der Waals surface area (Å²) in [5.41, 5.74) is 1.11. The van der Waals surface area contributed by atoms with Gasteiger partial charge in [-0.15, -0.1) is 0 Å². The molecule has 0 radical (unpaired) electrons. The highest BCUT2D eigenvalue weighted by molar-refractivity contribution is 4.91. The molecule has 0 aromatic carbocycles. The summed E-state index contributed by atoms with van der Waals surface area (Å²) in [5.74, 6) is 0. The molecule has 2 heteroatoms. The van der Waals surface area contributed by atoms with E-state index < -0.39 is 0 Å². The predicted molar refractivity (Wildman–Crippen MR) is 34.7 cm³/mol. The first kappa shape index (κ1) is 7.21. The molecule has 0 amide bonds. The van der Waals surface area contributed by atoms with Crippen molar-refractivity contribution in [2.24, 2.45) is 0 Å². The fraction of sp³-hybridized carbons (Fsp3) is 0.500. The zero-order valence-electron chi connectivity index (χ0n) is 5.60. The van der Waals surface area contributed by atoms with Crippen LogP contribution in [0.4, 0.5) is 0 Å². The molecule has 46 valence electrons. The Labute approximate surface area is 49.9 Å². The monoisotopic (exact) mass is 112 g/mol. The van der Waals surface area contributed by atoms with Crippen molar-refractivity contribution in [3.8, 4) is 0 Å². The lowest BCUT2D eigenvalue weighted by Gasteiger charge is -1.68. The predicted octanol–water partition coefficient (Wildman–Crippen LogP) is 1.74. The van der Waals surface area contributed by atoms with Crippen LogP contribution < -0.4 is 0 Å². The van der Waals surface area contributed by atoms with E-state index in [1.54, 1.807) is 6.20 Å². The van der Waals surface area contributed by atoms with Crippen molar-refractivity contribution in [3.63, 3.8) is 0 Å². The second-order valence-electron chi connectivity index (χ2n) is 1.24. The van der Waals surface area contributed by atoms with Gasteiger partial charge in [0.15, 0.2) is 0 Å². The first-order chi connectivity index (χ1) is 3.89. The Bertz CT molecular complexity index is 110. The van der Waals surface area contributed by atoms with Crippen LogP contribution >= 0.6 is 0 Å². The average molecular weight is 112 g/mol. The van der Waals surface area contributed by atoms with E-state index in [-0.39, 0.29) is 0 Å². The number of nitrogens with zero attached hydrogens (tertiary/aromatic N) is 1. The lowest BCUT2D eigenvalue weighted by Crippen LogP contribution is -1.65. The van der Waals surface area contributed by atoms with Crippen molar-refractivity contribution in [2.75, 3.05) is 0 Å². The Kier molecular flexibility index (Phi) is 3.94. The van der Waals surface area contributed by atoms with E-state index in [4.69, 9.17) is 0 Å². The van der Waals surface area contributed by atoms with Gasteiger partial charge in [0.2, 0.25) is 0 Å². The molecule has 1 aromatic rings. The molecule has 0 saturated carbocycles. The molecule has 0 aliphatic rings. The standard InChI is InChI=1S/C4H6N2.C2H6/c1-4-2-3-5-6-4;1-2/h2-3H,1H3,(H,5,6);1-2H3. The van der Waals surface area contributed by atoms with Crippen molar-refractivity contribution in [3.05, 3.63) is 18.0 Å². The highest BCUT2D eigenvalue weighted by atomic mass is 15.1. The number of hydrogen-bond donors (Lipinski definition) is 1. The number of rotatable bonds is 0. The van der Waals surface area contributed by atoms with Crippen LogP contribution in [0.15, 0.2) is 12.3 Å². The van der Waals surface area contributed by atoms with Crippen molar-refractivity contribution in [2.45, 2.75) is 20.8 Å². The molecule has 0 fully saturated rings. The van der Waals surface area contributed by atoms with E-state index in [1.807, 2.05) is 26.8 Å². The maximum atomic E-state index is 3.70. The van der Waals surface area contributed by atoms with Gasteiger partial charge in [0.1, 0.15) is 0 Å². The van der Waals surface area contributed by atoms with Crippen molar-refractivity contribution in [1.82, 2.24) is 10.2 Å². The smallest absolute Gasteiger partial charge is 0.0489 e. The molecule has 2 nitrogen and oxygen atoms in total. The molecule has 1 N–H and O–H groups in total. The number of H-pyrrole nitrogens is 1. The molecular formula is C6H12N2. The first-order valence-corrected chi connectivity index (χ1v) is 2.85. The van der Waals surface area contributed by atoms with Gasteiger partial charge in [-0.05, 0) is 13.0 Å². The van der Waals surface area contributed by atoms with E-state index >= 15 is 0 Å².